The summed E-state index contributed by atoms with van der Waals surface area (Å²) in [5.41, 5.74) is 5.58. The van der Waals surface area contributed by atoms with E-state index < -0.39 is 0 Å². The van der Waals surface area contributed by atoms with Gasteiger partial charge >= 0.3 is 0 Å². The fourth-order valence-electron chi connectivity index (χ4n) is 3.01. The van der Waals surface area contributed by atoms with Crippen molar-refractivity contribution < 1.29 is 4.79 Å². The van der Waals surface area contributed by atoms with Crippen LogP contribution in [0.5, 0.6) is 0 Å². The van der Waals surface area contributed by atoms with Crippen molar-refractivity contribution in [3.8, 4) is 0 Å². The van der Waals surface area contributed by atoms with Crippen LogP contribution in [0.1, 0.15) is 65.2 Å². The third-order valence-corrected chi connectivity index (χ3v) is 4.02. The molecule has 3 N–H and O–H groups in total. The van der Waals surface area contributed by atoms with Crippen molar-refractivity contribution >= 4 is 5.91 Å². The summed E-state index contributed by atoms with van der Waals surface area (Å²) in [6.07, 6.45) is 8.66. The molecule has 0 unspecified atom stereocenters. The molecule has 100 valence electrons. The molecule has 0 radical (unpaired) electrons. The first kappa shape index (κ1) is 14.5. The minimum Gasteiger partial charge on any atom is -0.353 e. The number of nitrogens with two attached hydrogens (primary N) is 1. The van der Waals surface area contributed by atoms with Crippen LogP contribution >= 0.6 is 0 Å². The van der Waals surface area contributed by atoms with Crippen LogP contribution in [0.2, 0.25) is 0 Å². The molecule has 1 fully saturated rings. The Hall–Kier alpha value is -0.570. The number of hydrogen-bond donors (Lipinski definition) is 2. The van der Waals surface area contributed by atoms with E-state index >= 15 is 0 Å². The van der Waals surface area contributed by atoms with Gasteiger partial charge in [-0.1, -0.05) is 39.5 Å². The number of rotatable bonds is 7. The number of hydrogen-bond acceptors (Lipinski definition) is 2. The van der Waals surface area contributed by atoms with E-state index in [0.717, 1.165) is 38.5 Å². The third-order valence-electron chi connectivity index (χ3n) is 4.02. The Morgan fingerprint density at radius 2 is 1.76 bits per heavy atom. The molecule has 1 saturated carbocycles. The lowest BCUT2D eigenvalue weighted by Crippen LogP contribution is -2.48. The SMILES string of the molecule is CCCC(CN)(CCC)C(=O)NC1CCCC1. The molecule has 0 aromatic heterocycles. The van der Waals surface area contributed by atoms with Crippen LogP contribution in [0, 0.1) is 5.41 Å². The Balaban J connectivity index is 2.62. The summed E-state index contributed by atoms with van der Waals surface area (Å²) in [4.78, 5) is 12.4. The number of carbonyl (C=O) groups is 1. The molecule has 1 rings (SSSR count). The highest BCUT2D eigenvalue weighted by Gasteiger charge is 2.36. The van der Waals surface area contributed by atoms with Crippen molar-refractivity contribution in [3.05, 3.63) is 0 Å². The predicted octanol–water partition coefficient (Wildman–Crippen LogP) is 2.59. The second kappa shape index (κ2) is 7.00. The second-order valence-electron chi connectivity index (χ2n) is 5.44. The van der Waals surface area contributed by atoms with E-state index in [4.69, 9.17) is 5.73 Å². The van der Waals surface area contributed by atoms with Crippen LogP contribution in [0.4, 0.5) is 0 Å². The maximum absolute atomic E-state index is 12.4. The maximum Gasteiger partial charge on any atom is 0.227 e. The number of amides is 1. The molecular formula is C14H28N2O. The molecule has 3 nitrogen and oxygen atoms in total. The molecule has 0 bridgehead atoms. The summed E-state index contributed by atoms with van der Waals surface area (Å²) in [6, 6.07) is 0.405. The first-order valence-corrected chi connectivity index (χ1v) is 7.19. The molecule has 0 heterocycles. The zero-order valence-corrected chi connectivity index (χ0v) is 11.4. The van der Waals surface area contributed by atoms with Crippen LogP contribution in [0.15, 0.2) is 0 Å². The minimum absolute atomic E-state index is 0.204. The van der Waals surface area contributed by atoms with E-state index in [1.807, 2.05) is 0 Å². The van der Waals surface area contributed by atoms with E-state index in [1.165, 1.54) is 12.8 Å². The molecular weight excluding hydrogens is 212 g/mol. The zero-order valence-electron chi connectivity index (χ0n) is 11.4. The van der Waals surface area contributed by atoms with Gasteiger partial charge in [-0.15, -0.1) is 0 Å². The highest BCUT2D eigenvalue weighted by molar-refractivity contribution is 5.83. The van der Waals surface area contributed by atoms with Gasteiger partial charge in [-0.2, -0.15) is 0 Å². The van der Waals surface area contributed by atoms with Crippen molar-refractivity contribution in [1.82, 2.24) is 5.32 Å². The van der Waals surface area contributed by atoms with Crippen molar-refractivity contribution in [1.29, 1.82) is 0 Å². The molecule has 1 amide bonds. The summed E-state index contributed by atoms with van der Waals surface area (Å²) in [5, 5.41) is 3.22. The number of carbonyl (C=O) groups excluding carboxylic acids is 1. The van der Waals surface area contributed by atoms with Crippen LogP contribution in [0.25, 0.3) is 0 Å². The average Bonchev–Trinajstić information content (AvgIpc) is 2.81. The van der Waals surface area contributed by atoms with Crippen LogP contribution in [-0.2, 0) is 4.79 Å². The van der Waals surface area contributed by atoms with Crippen molar-refractivity contribution in [2.24, 2.45) is 11.1 Å². The summed E-state index contributed by atoms with van der Waals surface area (Å²) in [5.74, 6) is 0.204. The lowest BCUT2D eigenvalue weighted by atomic mass is 9.78. The Morgan fingerprint density at radius 1 is 1.24 bits per heavy atom. The first-order valence-electron chi connectivity index (χ1n) is 7.19. The van der Waals surface area contributed by atoms with Gasteiger partial charge in [-0.3, -0.25) is 4.79 Å². The highest BCUT2D eigenvalue weighted by Crippen LogP contribution is 2.30. The smallest absolute Gasteiger partial charge is 0.227 e. The molecule has 0 aromatic carbocycles. The average molecular weight is 240 g/mol. The van der Waals surface area contributed by atoms with Crippen molar-refractivity contribution in [2.75, 3.05) is 6.54 Å². The van der Waals surface area contributed by atoms with E-state index in [1.54, 1.807) is 0 Å². The van der Waals surface area contributed by atoms with Gasteiger partial charge in [-0.25, -0.2) is 0 Å². The van der Waals surface area contributed by atoms with Gasteiger partial charge < -0.3 is 11.1 Å². The van der Waals surface area contributed by atoms with Crippen molar-refractivity contribution in [2.45, 2.75) is 71.3 Å². The topological polar surface area (TPSA) is 55.1 Å². The van der Waals surface area contributed by atoms with Gasteiger partial charge in [0.25, 0.3) is 0 Å². The third kappa shape index (κ3) is 3.70. The minimum atomic E-state index is -0.313. The van der Waals surface area contributed by atoms with Crippen molar-refractivity contribution in [3.63, 3.8) is 0 Å². The Bertz CT molecular complexity index is 228. The summed E-state index contributed by atoms with van der Waals surface area (Å²) in [6.45, 7) is 4.74. The standard InChI is InChI=1S/C14H28N2O/c1-3-9-14(11-15,10-4-2)13(17)16-12-7-5-6-8-12/h12H,3-11,15H2,1-2H3,(H,16,17). The maximum atomic E-state index is 12.4. The van der Waals surface area contributed by atoms with Gasteiger partial charge in [0.15, 0.2) is 0 Å². The van der Waals surface area contributed by atoms with E-state index in [9.17, 15) is 4.79 Å². The van der Waals surface area contributed by atoms with Gasteiger partial charge in [0.2, 0.25) is 5.91 Å². The predicted molar refractivity (Wildman–Crippen MR) is 71.7 cm³/mol. The van der Waals surface area contributed by atoms with Gasteiger partial charge in [0.05, 0.1) is 5.41 Å². The number of nitrogens with one attached hydrogen (secondary N) is 1. The molecule has 1 aliphatic carbocycles. The molecule has 0 aromatic rings. The van der Waals surface area contributed by atoms with E-state index in [2.05, 4.69) is 19.2 Å². The first-order chi connectivity index (χ1) is 8.18. The van der Waals surface area contributed by atoms with E-state index in [0.29, 0.717) is 12.6 Å². The fraction of sp³-hybridized carbons (Fsp3) is 0.929. The normalized spacial score (nSPS) is 17.4. The summed E-state index contributed by atoms with van der Waals surface area (Å²) in [7, 11) is 0. The quantitative estimate of drug-likeness (QED) is 0.718. The lowest BCUT2D eigenvalue weighted by molar-refractivity contribution is -0.132. The largest absolute Gasteiger partial charge is 0.353 e. The van der Waals surface area contributed by atoms with Crippen LogP contribution in [-0.4, -0.2) is 18.5 Å². The lowest BCUT2D eigenvalue weighted by Gasteiger charge is -2.32. The fourth-order valence-corrected chi connectivity index (χ4v) is 3.01. The molecule has 0 atom stereocenters. The van der Waals surface area contributed by atoms with Crippen LogP contribution < -0.4 is 11.1 Å². The molecule has 3 heteroatoms. The molecule has 0 spiro atoms. The summed E-state index contributed by atoms with van der Waals surface area (Å²) >= 11 is 0. The molecule has 0 aliphatic heterocycles. The van der Waals surface area contributed by atoms with Gasteiger partial charge in [0, 0.05) is 12.6 Å². The zero-order chi connectivity index (χ0) is 12.7. The Labute approximate surface area is 106 Å². The molecule has 1 aliphatic rings. The second-order valence-corrected chi connectivity index (χ2v) is 5.44. The Morgan fingerprint density at radius 3 is 2.18 bits per heavy atom. The monoisotopic (exact) mass is 240 g/mol. The van der Waals surface area contributed by atoms with Gasteiger partial charge in [0.1, 0.15) is 0 Å². The van der Waals surface area contributed by atoms with Gasteiger partial charge in [-0.05, 0) is 25.7 Å². The van der Waals surface area contributed by atoms with Crippen LogP contribution in [0.3, 0.4) is 0 Å². The summed E-state index contributed by atoms with van der Waals surface area (Å²) < 4.78 is 0. The Kier molecular flexibility index (Phi) is 5.96. The van der Waals surface area contributed by atoms with E-state index in [-0.39, 0.29) is 11.3 Å². The highest BCUT2D eigenvalue weighted by atomic mass is 16.2. The molecule has 0 saturated heterocycles. The molecule has 17 heavy (non-hydrogen) atoms.